The fraction of sp³-hybridized carbons (Fsp3) is 0.350. The highest BCUT2D eigenvalue weighted by molar-refractivity contribution is 14.0. The van der Waals surface area contributed by atoms with E-state index < -0.39 is 0 Å². The number of pyridine rings is 1. The van der Waals surface area contributed by atoms with Gasteiger partial charge in [0.15, 0.2) is 5.96 Å². The zero-order chi connectivity index (χ0) is 19.6. The van der Waals surface area contributed by atoms with Gasteiger partial charge in [-0.25, -0.2) is 4.98 Å². The molecule has 0 spiro atoms. The largest absolute Gasteiger partial charge is 0.497 e. The Balaban J connectivity index is 0.00000392. The van der Waals surface area contributed by atoms with Gasteiger partial charge in [0.05, 0.1) is 7.11 Å². The number of aliphatic imine (C=N–C) groups is 1. The maximum atomic E-state index is 12.0. The highest BCUT2D eigenvalue weighted by atomic mass is 127. The Kier molecular flexibility index (Phi) is 10.3. The Morgan fingerprint density at radius 3 is 2.50 bits per heavy atom. The molecule has 2 aromatic rings. The second-order valence-corrected chi connectivity index (χ2v) is 6.20. The number of carbonyl (C=O) groups is 1. The number of hydrogen-bond donors (Lipinski definition) is 2. The van der Waals surface area contributed by atoms with E-state index in [0.29, 0.717) is 25.3 Å². The smallest absolute Gasteiger partial charge is 0.227 e. The van der Waals surface area contributed by atoms with Crippen molar-refractivity contribution in [2.24, 2.45) is 4.99 Å². The molecule has 2 rings (SSSR count). The van der Waals surface area contributed by atoms with E-state index in [1.165, 1.54) is 0 Å². The molecule has 2 N–H and O–H groups in total. The van der Waals surface area contributed by atoms with Crippen LogP contribution in [0.15, 0.2) is 47.6 Å². The van der Waals surface area contributed by atoms with Gasteiger partial charge < -0.3 is 20.3 Å². The van der Waals surface area contributed by atoms with Crippen molar-refractivity contribution >= 4 is 41.7 Å². The number of ether oxygens (including phenoxy) is 1. The van der Waals surface area contributed by atoms with Crippen molar-refractivity contribution in [1.82, 2.24) is 15.2 Å². The predicted molar refractivity (Wildman–Crippen MR) is 123 cm³/mol. The average molecular weight is 497 g/mol. The van der Waals surface area contributed by atoms with E-state index in [9.17, 15) is 4.79 Å². The Labute approximate surface area is 183 Å². The van der Waals surface area contributed by atoms with Gasteiger partial charge in [-0.05, 0) is 36.2 Å². The monoisotopic (exact) mass is 497 g/mol. The number of aromatic nitrogens is 1. The minimum absolute atomic E-state index is 0. The Bertz CT molecular complexity index is 763. The van der Waals surface area contributed by atoms with Gasteiger partial charge in [-0.15, -0.1) is 24.0 Å². The number of benzene rings is 1. The third-order valence-electron chi connectivity index (χ3n) is 3.97. The first kappa shape index (κ1) is 23.7. The molecule has 1 heterocycles. The van der Waals surface area contributed by atoms with Crippen LogP contribution in [-0.4, -0.2) is 49.5 Å². The molecule has 1 amide bonds. The summed E-state index contributed by atoms with van der Waals surface area (Å²) in [6.07, 6.45) is 2.05. The second kappa shape index (κ2) is 12.2. The van der Waals surface area contributed by atoms with Crippen LogP contribution in [0.1, 0.15) is 17.5 Å². The summed E-state index contributed by atoms with van der Waals surface area (Å²) in [6, 6.07) is 11.6. The molecular weight excluding hydrogens is 469 g/mol. The maximum absolute atomic E-state index is 12.0. The molecule has 0 radical (unpaired) electrons. The first-order chi connectivity index (χ1) is 13.0. The predicted octanol–water partition coefficient (Wildman–Crippen LogP) is 3.05. The molecule has 1 aromatic carbocycles. The quantitative estimate of drug-likeness (QED) is 0.350. The molecule has 0 saturated carbocycles. The summed E-state index contributed by atoms with van der Waals surface area (Å²) >= 11 is 0. The molecule has 152 valence electrons. The third-order valence-corrected chi connectivity index (χ3v) is 3.97. The van der Waals surface area contributed by atoms with Gasteiger partial charge in [0, 0.05) is 39.8 Å². The van der Waals surface area contributed by atoms with Gasteiger partial charge in [-0.2, -0.15) is 0 Å². The summed E-state index contributed by atoms with van der Waals surface area (Å²) < 4.78 is 5.17. The van der Waals surface area contributed by atoms with E-state index >= 15 is 0 Å². The van der Waals surface area contributed by atoms with Gasteiger partial charge in [0.1, 0.15) is 11.6 Å². The van der Waals surface area contributed by atoms with Gasteiger partial charge >= 0.3 is 0 Å². The number of methoxy groups -OCH3 is 1. The van der Waals surface area contributed by atoms with Crippen molar-refractivity contribution in [1.29, 1.82) is 0 Å². The van der Waals surface area contributed by atoms with Crippen LogP contribution in [0, 0.1) is 6.92 Å². The Morgan fingerprint density at radius 1 is 1.21 bits per heavy atom. The summed E-state index contributed by atoms with van der Waals surface area (Å²) in [4.78, 5) is 22.5. The second-order valence-electron chi connectivity index (χ2n) is 6.20. The zero-order valence-electron chi connectivity index (χ0n) is 16.7. The molecule has 0 atom stereocenters. The minimum atomic E-state index is -0.0906. The molecule has 0 aliphatic carbocycles. The van der Waals surface area contributed by atoms with Crippen molar-refractivity contribution in [2.75, 3.05) is 33.1 Å². The SMILES string of the molecule is CN=C(NCCC(=O)Nc1ccc(C)cn1)N(C)Cc1ccc(OC)cc1.I. The van der Waals surface area contributed by atoms with Gasteiger partial charge in [-0.1, -0.05) is 18.2 Å². The summed E-state index contributed by atoms with van der Waals surface area (Å²) in [5.74, 6) is 2.03. The zero-order valence-corrected chi connectivity index (χ0v) is 19.1. The topological polar surface area (TPSA) is 78.8 Å². The molecule has 8 heteroatoms. The molecule has 0 fully saturated rings. The van der Waals surface area contributed by atoms with Crippen LogP contribution in [0.25, 0.3) is 0 Å². The van der Waals surface area contributed by atoms with Gasteiger partial charge in [0.25, 0.3) is 0 Å². The number of hydrogen-bond acceptors (Lipinski definition) is 4. The summed E-state index contributed by atoms with van der Waals surface area (Å²) in [6.45, 7) is 3.14. The molecule has 0 aliphatic rings. The van der Waals surface area contributed by atoms with E-state index in [4.69, 9.17) is 4.74 Å². The van der Waals surface area contributed by atoms with Crippen molar-refractivity contribution in [2.45, 2.75) is 19.9 Å². The molecule has 1 aromatic heterocycles. The number of rotatable bonds is 7. The molecule has 0 aliphatic heterocycles. The fourth-order valence-corrected chi connectivity index (χ4v) is 2.50. The molecule has 28 heavy (non-hydrogen) atoms. The van der Waals surface area contributed by atoms with E-state index in [0.717, 1.165) is 22.8 Å². The lowest BCUT2D eigenvalue weighted by Gasteiger charge is -2.22. The van der Waals surface area contributed by atoms with Crippen LogP contribution in [0.4, 0.5) is 5.82 Å². The standard InChI is InChI=1S/C20H27N5O2.HI/c1-15-5-10-18(23-13-15)24-19(26)11-12-22-20(21-2)25(3)14-16-6-8-17(27-4)9-7-16;/h5-10,13H,11-12,14H2,1-4H3,(H,21,22)(H,23,24,26);1H. The first-order valence-electron chi connectivity index (χ1n) is 8.79. The summed E-state index contributed by atoms with van der Waals surface area (Å²) in [5.41, 5.74) is 2.20. The number of guanidine groups is 1. The van der Waals surface area contributed by atoms with Crippen LogP contribution in [0.3, 0.4) is 0 Å². The third kappa shape index (κ3) is 7.71. The van der Waals surface area contributed by atoms with Crippen molar-refractivity contribution < 1.29 is 9.53 Å². The number of anilines is 1. The Morgan fingerprint density at radius 2 is 1.93 bits per heavy atom. The number of aryl methyl sites for hydroxylation is 1. The van der Waals surface area contributed by atoms with Crippen molar-refractivity contribution in [3.05, 3.63) is 53.7 Å². The lowest BCUT2D eigenvalue weighted by atomic mass is 10.2. The number of nitrogens with one attached hydrogen (secondary N) is 2. The molecule has 7 nitrogen and oxygen atoms in total. The molecule has 0 saturated heterocycles. The highest BCUT2D eigenvalue weighted by Gasteiger charge is 2.08. The lowest BCUT2D eigenvalue weighted by molar-refractivity contribution is -0.116. The minimum Gasteiger partial charge on any atom is -0.497 e. The normalized spacial score (nSPS) is 10.6. The highest BCUT2D eigenvalue weighted by Crippen LogP contribution is 2.12. The van der Waals surface area contributed by atoms with Crippen molar-refractivity contribution in [3.8, 4) is 5.75 Å². The molecular formula is C20H28IN5O2. The summed E-state index contributed by atoms with van der Waals surface area (Å²) in [5, 5.41) is 5.99. The fourth-order valence-electron chi connectivity index (χ4n) is 2.50. The molecule has 0 bridgehead atoms. The first-order valence-corrected chi connectivity index (χ1v) is 8.79. The van der Waals surface area contributed by atoms with Crippen LogP contribution in [-0.2, 0) is 11.3 Å². The maximum Gasteiger partial charge on any atom is 0.227 e. The average Bonchev–Trinajstić information content (AvgIpc) is 2.67. The number of carbonyl (C=O) groups excluding carboxylic acids is 1. The number of amides is 1. The molecule has 0 unspecified atom stereocenters. The van der Waals surface area contributed by atoms with Crippen LogP contribution < -0.4 is 15.4 Å². The van der Waals surface area contributed by atoms with E-state index in [-0.39, 0.29) is 29.9 Å². The van der Waals surface area contributed by atoms with Crippen LogP contribution in [0.5, 0.6) is 5.75 Å². The number of halogens is 1. The van der Waals surface area contributed by atoms with Gasteiger partial charge in [-0.3, -0.25) is 9.79 Å². The van der Waals surface area contributed by atoms with Crippen LogP contribution >= 0.6 is 24.0 Å². The van der Waals surface area contributed by atoms with E-state index in [2.05, 4.69) is 20.6 Å². The van der Waals surface area contributed by atoms with E-state index in [1.54, 1.807) is 26.4 Å². The lowest BCUT2D eigenvalue weighted by Crippen LogP contribution is -2.39. The van der Waals surface area contributed by atoms with Crippen LogP contribution in [0.2, 0.25) is 0 Å². The summed E-state index contributed by atoms with van der Waals surface area (Å²) in [7, 11) is 5.33. The Hall–Kier alpha value is -2.36. The number of nitrogens with zero attached hydrogens (tertiary/aromatic N) is 3. The van der Waals surface area contributed by atoms with E-state index in [1.807, 2.05) is 49.2 Å². The van der Waals surface area contributed by atoms with Gasteiger partial charge in [0.2, 0.25) is 5.91 Å². The van der Waals surface area contributed by atoms with Crippen molar-refractivity contribution in [3.63, 3.8) is 0 Å².